The molecule has 0 amide bonds. The summed E-state index contributed by atoms with van der Waals surface area (Å²) < 4.78 is 10.6. The van der Waals surface area contributed by atoms with Gasteiger partial charge in [0, 0.05) is 0 Å². The van der Waals surface area contributed by atoms with Crippen LogP contribution in [0.4, 0.5) is 0 Å². The van der Waals surface area contributed by atoms with Crippen LogP contribution in [0.25, 0.3) is 0 Å². The molecule has 1 fully saturated rings. The Morgan fingerprint density at radius 2 is 1.86 bits per heavy atom. The van der Waals surface area contributed by atoms with Crippen molar-refractivity contribution in [1.29, 1.82) is 0 Å². The van der Waals surface area contributed by atoms with Gasteiger partial charge in [-0.1, -0.05) is 20.3 Å². The summed E-state index contributed by atoms with van der Waals surface area (Å²) >= 11 is 0. The lowest BCUT2D eigenvalue weighted by Crippen LogP contribution is -2.41. The smallest absolute Gasteiger partial charge is 0.317 e. The van der Waals surface area contributed by atoms with Crippen LogP contribution >= 0.6 is 0 Å². The molecule has 0 heterocycles. The number of hydrogen-bond donors (Lipinski definition) is 0. The van der Waals surface area contributed by atoms with E-state index in [4.69, 9.17) is 9.47 Å². The molecule has 1 aliphatic carbocycles. The van der Waals surface area contributed by atoms with Crippen molar-refractivity contribution in [2.24, 2.45) is 11.3 Å². The largest absolute Gasteiger partial charge is 0.463 e. The molecule has 122 valence electrons. The Hall–Kier alpha value is -1.06. The Labute approximate surface area is 128 Å². The van der Waals surface area contributed by atoms with Crippen molar-refractivity contribution in [2.45, 2.75) is 85.4 Å². The molecule has 0 aliphatic heterocycles. The van der Waals surface area contributed by atoms with Crippen LogP contribution in [0.2, 0.25) is 0 Å². The van der Waals surface area contributed by atoms with E-state index in [1.165, 1.54) is 6.42 Å². The molecule has 0 aromatic heterocycles. The fourth-order valence-corrected chi connectivity index (χ4v) is 3.13. The minimum absolute atomic E-state index is 0.211. The molecule has 0 radical (unpaired) electrons. The van der Waals surface area contributed by atoms with Crippen LogP contribution in [0.1, 0.15) is 73.6 Å². The standard InChI is InChI=1S/C17H30O4/c1-12(2)20-14(18)10-15(19)21-17(5,6)13-8-7-9-16(3,4)11-13/h12-13H,7-11H2,1-6H3. The predicted octanol–water partition coefficient (Wildman–Crippen LogP) is 3.87. The number of esters is 2. The Morgan fingerprint density at radius 3 is 2.38 bits per heavy atom. The maximum absolute atomic E-state index is 11.9. The van der Waals surface area contributed by atoms with E-state index < -0.39 is 17.5 Å². The highest BCUT2D eigenvalue weighted by Gasteiger charge is 2.39. The quantitative estimate of drug-likeness (QED) is 0.571. The Bertz CT molecular complexity index is 382. The zero-order chi connectivity index (χ0) is 16.3. The van der Waals surface area contributed by atoms with E-state index >= 15 is 0 Å². The second-order valence-corrected chi connectivity index (χ2v) is 7.75. The molecule has 0 aromatic carbocycles. The second-order valence-electron chi connectivity index (χ2n) is 7.75. The molecule has 1 unspecified atom stereocenters. The molecule has 1 rings (SSSR count). The summed E-state index contributed by atoms with van der Waals surface area (Å²) in [5.74, 6) is -0.671. The van der Waals surface area contributed by atoms with Crippen molar-refractivity contribution in [3.8, 4) is 0 Å². The van der Waals surface area contributed by atoms with Gasteiger partial charge in [0.05, 0.1) is 6.10 Å². The number of carbonyl (C=O) groups is 2. The van der Waals surface area contributed by atoms with Gasteiger partial charge in [0.25, 0.3) is 0 Å². The Balaban J connectivity index is 2.55. The summed E-state index contributed by atoms with van der Waals surface area (Å²) in [6.07, 6.45) is 3.97. The van der Waals surface area contributed by atoms with Gasteiger partial charge in [-0.3, -0.25) is 9.59 Å². The fourth-order valence-electron chi connectivity index (χ4n) is 3.13. The van der Waals surface area contributed by atoms with Crippen molar-refractivity contribution in [2.75, 3.05) is 0 Å². The van der Waals surface area contributed by atoms with Crippen molar-refractivity contribution >= 4 is 11.9 Å². The molecular weight excluding hydrogens is 268 g/mol. The molecule has 0 spiro atoms. The number of hydrogen-bond acceptors (Lipinski definition) is 4. The summed E-state index contributed by atoms with van der Waals surface area (Å²) in [4.78, 5) is 23.4. The molecule has 0 aromatic rings. The third-order valence-electron chi connectivity index (χ3n) is 4.22. The van der Waals surface area contributed by atoms with Crippen LogP contribution in [0.5, 0.6) is 0 Å². The van der Waals surface area contributed by atoms with E-state index in [9.17, 15) is 9.59 Å². The molecule has 4 heteroatoms. The van der Waals surface area contributed by atoms with Crippen molar-refractivity contribution in [3.63, 3.8) is 0 Å². The number of carbonyl (C=O) groups excluding carboxylic acids is 2. The first-order valence-corrected chi connectivity index (χ1v) is 7.93. The van der Waals surface area contributed by atoms with Crippen LogP contribution in [-0.2, 0) is 19.1 Å². The van der Waals surface area contributed by atoms with Gasteiger partial charge in [-0.15, -0.1) is 0 Å². The number of rotatable bonds is 5. The zero-order valence-corrected chi connectivity index (χ0v) is 14.3. The summed E-state index contributed by atoms with van der Waals surface area (Å²) in [5.41, 5.74) is -0.240. The van der Waals surface area contributed by atoms with Crippen LogP contribution in [0.15, 0.2) is 0 Å². The van der Waals surface area contributed by atoms with E-state index in [2.05, 4.69) is 13.8 Å². The lowest BCUT2D eigenvalue weighted by molar-refractivity contribution is -0.170. The maximum atomic E-state index is 11.9. The van der Waals surface area contributed by atoms with E-state index in [0.717, 1.165) is 19.3 Å². The van der Waals surface area contributed by atoms with E-state index in [1.807, 2.05) is 13.8 Å². The maximum Gasteiger partial charge on any atom is 0.317 e. The summed E-state index contributed by atoms with van der Waals surface area (Å²) in [6.45, 7) is 11.9. The van der Waals surface area contributed by atoms with Crippen LogP contribution < -0.4 is 0 Å². The predicted molar refractivity (Wildman–Crippen MR) is 81.8 cm³/mol. The van der Waals surface area contributed by atoms with Crippen molar-refractivity contribution < 1.29 is 19.1 Å². The molecule has 1 aliphatic rings. The second kappa shape index (κ2) is 6.80. The van der Waals surface area contributed by atoms with E-state index in [1.54, 1.807) is 13.8 Å². The Kier molecular flexibility index (Phi) is 5.83. The molecule has 4 nitrogen and oxygen atoms in total. The van der Waals surface area contributed by atoms with Gasteiger partial charge >= 0.3 is 11.9 Å². The summed E-state index contributed by atoms with van der Waals surface area (Å²) in [6, 6.07) is 0. The lowest BCUT2D eigenvalue weighted by Gasteiger charge is -2.42. The molecule has 0 bridgehead atoms. The van der Waals surface area contributed by atoms with Gasteiger partial charge in [0.2, 0.25) is 0 Å². The van der Waals surface area contributed by atoms with Gasteiger partial charge in [-0.2, -0.15) is 0 Å². The van der Waals surface area contributed by atoms with Crippen LogP contribution in [0, 0.1) is 11.3 Å². The molecule has 1 atom stereocenters. The molecule has 21 heavy (non-hydrogen) atoms. The SMILES string of the molecule is CC(C)OC(=O)CC(=O)OC(C)(C)C1CCCC(C)(C)C1. The molecular formula is C17H30O4. The Morgan fingerprint density at radius 1 is 1.24 bits per heavy atom. The van der Waals surface area contributed by atoms with E-state index in [0.29, 0.717) is 11.3 Å². The fraction of sp³-hybridized carbons (Fsp3) is 0.882. The van der Waals surface area contributed by atoms with Crippen LogP contribution in [0.3, 0.4) is 0 Å². The van der Waals surface area contributed by atoms with Gasteiger partial charge in [-0.25, -0.2) is 0 Å². The highest BCUT2D eigenvalue weighted by atomic mass is 16.6. The average Bonchev–Trinajstić information content (AvgIpc) is 2.24. The minimum atomic E-state index is -0.535. The molecule has 0 N–H and O–H groups in total. The van der Waals surface area contributed by atoms with Crippen molar-refractivity contribution in [1.82, 2.24) is 0 Å². The lowest BCUT2D eigenvalue weighted by atomic mass is 9.67. The first kappa shape index (κ1) is 18.0. The minimum Gasteiger partial charge on any atom is -0.463 e. The van der Waals surface area contributed by atoms with Gasteiger partial charge in [0.1, 0.15) is 12.0 Å². The van der Waals surface area contributed by atoms with Gasteiger partial charge in [0.15, 0.2) is 0 Å². The molecule has 1 saturated carbocycles. The van der Waals surface area contributed by atoms with Gasteiger partial charge in [-0.05, 0) is 58.3 Å². The van der Waals surface area contributed by atoms with Crippen molar-refractivity contribution in [3.05, 3.63) is 0 Å². The highest BCUT2D eigenvalue weighted by molar-refractivity contribution is 5.91. The van der Waals surface area contributed by atoms with E-state index in [-0.39, 0.29) is 12.5 Å². The van der Waals surface area contributed by atoms with Crippen LogP contribution in [-0.4, -0.2) is 23.6 Å². The first-order chi connectivity index (χ1) is 9.52. The topological polar surface area (TPSA) is 52.6 Å². The zero-order valence-electron chi connectivity index (χ0n) is 14.3. The molecule has 0 saturated heterocycles. The third kappa shape index (κ3) is 6.06. The normalized spacial score (nSPS) is 22.0. The monoisotopic (exact) mass is 298 g/mol. The third-order valence-corrected chi connectivity index (χ3v) is 4.22. The summed E-state index contributed by atoms with van der Waals surface area (Å²) in [7, 11) is 0. The first-order valence-electron chi connectivity index (χ1n) is 7.93. The highest BCUT2D eigenvalue weighted by Crippen LogP contribution is 2.44. The van der Waals surface area contributed by atoms with Gasteiger partial charge < -0.3 is 9.47 Å². The average molecular weight is 298 g/mol. The summed E-state index contributed by atoms with van der Waals surface area (Å²) in [5, 5.41) is 0. The number of ether oxygens (including phenoxy) is 2.